The summed E-state index contributed by atoms with van der Waals surface area (Å²) in [6.45, 7) is 24.2. The van der Waals surface area contributed by atoms with Crippen molar-refractivity contribution in [1.82, 2.24) is 73.6 Å². The van der Waals surface area contributed by atoms with Crippen LogP contribution in [0.4, 0.5) is 0 Å². The molecule has 502 valence electrons. The predicted molar refractivity (Wildman–Crippen MR) is 365 cm³/mol. The fraction of sp³-hybridized carbons (Fsp3) is 0.633. The van der Waals surface area contributed by atoms with E-state index in [-0.39, 0.29) is 39.0 Å². The maximum atomic E-state index is 14.5. The van der Waals surface area contributed by atoms with Gasteiger partial charge in [-0.1, -0.05) is 142 Å². The van der Waals surface area contributed by atoms with Gasteiger partial charge < -0.3 is 88.9 Å². The molecule has 0 radical (unpaired) electrons. The van der Waals surface area contributed by atoms with Crippen LogP contribution in [0, 0.1) is 23.7 Å². The Morgan fingerprint density at radius 2 is 1.21 bits per heavy atom. The number of thioether (sulfide) groups is 1. The lowest BCUT2D eigenvalue weighted by atomic mass is 9.97. The molecule has 15 N–H and O–H groups in total. The Morgan fingerprint density at radius 1 is 0.644 bits per heavy atom. The van der Waals surface area contributed by atoms with E-state index in [0.29, 0.717) is 35.8 Å². The van der Waals surface area contributed by atoms with E-state index in [4.69, 9.17) is 48.9 Å². The molecule has 30 heteroatoms. The molecule has 16 atom stereocenters. The molecule has 0 saturated carbocycles. The lowest BCUT2D eigenvalue weighted by Gasteiger charge is -2.32. The van der Waals surface area contributed by atoms with Crippen molar-refractivity contribution in [2.45, 2.75) is 200 Å². The van der Waals surface area contributed by atoms with Crippen LogP contribution in [0.2, 0.25) is 0 Å². The van der Waals surface area contributed by atoms with Crippen LogP contribution in [-0.4, -0.2) is 197 Å². The smallest absolute Gasteiger partial charge is 0.249 e. The second kappa shape index (κ2) is 36.7. The third kappa shape index (κ3) is 23.1. The van der Waals surface area contributed by atoms with Gasteiger partial charge in [0.25, 0.3) is 0 Å². The standard InChI is InChI=1S/C60H96N14O11S5/c1-17-30(7)44-55(84)62-32(9)50(79)67-42(28(3)4)54(83)71-47(48(77)40-26-73(15)27-74(40)16)53(82)61-23-24-90-37(14)46(56(85)69-44)70-51(80)34(11)63-57(86)35(12)65-58(87)39(25-38-21-19-20-22-41(38)76)66-49(78)33(10)64-60(89)45(31(8)18-2)72-59(88)43(29(5)6)68-52(81)36(13)75/h19-24,26,28-37,39,42-48,75-77H,17-18,25,27H2,1-16H3,(H,61,82)(H,62,84)(H,63,86)(H,64,89)(H,65,87)(H,66,78)(H,67,79)(H,68,81)(H,69,85)(H,70,80)(H,71,83)(H,72,88). The predicted octanol–water partition coefficient (Wildman–Crippen LogP) is 1.10. The van der Waals surface area contributed by atoms with Gasteiger partial charge in [-0.05, 0) is 75.3 Å². The van der Waals surface area contributed by atoms with Gasteiger partial charge in [-0.15, -0.1) is 11.8 Å². The van der Waals surface area contributed by atoms with Crippen LogP contribution in [-0.2, 0) is 44.8 Å². The maximum absolute atomic E-state index is 14.5. The van der Waals surface area contributed by atoms with Gasteiger partial charge in [0.2, 0.25) is 47.3 Å². The van der Waals surface area contributed by atoms with Crippen LogP contribution in [0.5, 0.6) is 5.75 Å². The number of thiocarbonyl (C=S) groups is 4. The van der Waals surface area contributed by atoms with Gasteiger partial charge in [0.1, 0.15) is 60.3 Å². The number of carbonyl (C=O) groups excluding carboxylic acids is 8. The molecule has 2 aliphatic rings. The van der Waals surface area contributed by atoms with Crippen molar-refractivity contribution in [3.8, 4) is 5.75 Å². The fourth-order valence-corrected chi connectivity index (χ4v) is 11.6. The molecule has 1 aromatic rings. The summed E-state index contributed by atoms with van der Waals surface area (Å²) in [6.07, 6.45) is 1.23. The van der Waals surface area contributed by atoms with Gasteiger partial charge in [-0.2, -0.15) is 0 Å². The Hall–Kier alpha value is -6.31. The van der Waals surface area contributed by atoms with E-state index in [2.05, 4.69) is 63.8 Å². The molecule has 0 bridgehead atoms. The summed E-state index contributed by atoms with van der Waals surface area (Å²) in [7, 11) is 3.49. The van der Waals surface area contributed by atoms with Crippen LogP contribution < -0.4 is 63.8 Å². The quantitative estimate of drug-likeness (QED) is 0.0644. The minimum absolute atomic E-state index is 0.0365. The highest BCUT2D eigenvalue weighted by molar-refractivity contribution is 8.02. The molecular weight excluding hydrogens is 1250 g/mol. The molecule has 0 aromatic heterocycles. The van der Waals surface area contributed by atoms with E-state index in [1.54, 1.807) is 89.8 Å². The number of para-hydroxylation sites is 1. The second-order valence-electron chi connectivity index (χ2n) is 23.9. The summed E-state index contributed by atoms with van der Waals surface area (Å²) in [5.74, 6) is -6.81. The molecule has 90 heavy (non-hydrogen) atoms. The number of phenols is 1. The Bertz CT molecular complexity index is 2810. The first-order valence-electron chi connectivity index (χ1n) is 30.3. The number of rotatable bonds is 24. The van der Waals surface area contributed by atoms with E-state index in [1.807, 2.05) is 34.6 Å². The van der Waals surface area contributed by atoms with Crippen LogP contribution in [0.1, 0.15) is 115 Å². The van der Waals surface area contributed by atoms with Gasteiger partial charge in [0, 0.05) is 38.2 Å². The molecule has 8 amide bonds. The first-order chi connectivity index (χ1) is 42.0. The molecule has 0 fully saturated rings. The van der Waals surface area contributed by atoms with Crippen LogP contribution >= 0.6 is 60.6 Å². The molecule has 0 aliphatic carbocycles. The van der Waals surface area contributed by atoms with Gasteiger partial charge in [0.05, 0.1) is 56.5 Å². The van der Waals surface area contributed by atoms with Crippen molar-refractivity contribution in [2.75, 3.05) is 20.8 Å². The number of nitrogens with one attached hydrogen (secondary N) is 12. The molecule has 0 saturated heterocycles. The number of amides is 8. The Kier molecular flexibility index (Phi) is 31.7. The van der Waals surface area contributed by atoms with Crippen LogP contribution in [0.25, 0.3) is 0 Å². The summed E-state index contributed by atoms with van der Waals surface area (Å²) in [4.78, 5) is 115. The molecule has 3 rings (SSSR count). The van der Waals surface area contributed by atoms with Crippen molar-refractivity contribution in [2.24, 2.45) is 23.7 Å². The van der Waals surface area contributed by atoms with E-state index < -0.39 is 143 Å². The minimum atomic E-state index is -1.56. The number of likely N-dealkylation sites (N-methyl/N-ethyl adjacent to an activating group) is 1. The summed E-state index contributed by atoms with van der Waals surface area (Å²) < 4.78 is 0. The van der Waals surface area contributed by atoms with E-state index in [0.717, 1.165) is 11.8 Å². The minimum Gasteiger partial charge on any atom is -0.508 e. The first-order valence-corrected chi connectivity index (χ1v) is 32.8. The van der Waals surface area contributed by atoms with Crippen LogP contribution in [0.15, 0.2) is 47.8 Å². The number of aliphatic hydroxyl groups excluding tert-OH is 2. The third-order valence-electron chi connectivity index (χ3n) is 15.6. The topological polar surface area (TPSA) is 348 Å². The second-order valence-corrected chi connectivity index (χ2v) is 27.0. The van der Waals surface area contributed by atoms with Crippen molar-refractivity contribution >= 4 is 128 Å². The van der Waals surface area contributed by atoms with Crippen molar-refractivity contribution in [3.63, 3.8) is 0 Å². The summed E-state index contributed by atoms with van der Waals surface area (Å²) in [5, 5.41) is 67.5. The number of phenolic OH excluding ortho intramolecular Hbond substituents is 1. The average Bonchev–Trinajstić information content (AvgIpc) is 1.65. The van der Waals surface area contributed by atoms with Gasteiger partial charge in [-0.25, -0.2) is 0 Å². The normalized spacial score (nSPS) is 23.0. The number of hydrogen-bond acceptors (Lipinski definition) is 18. The maximum Gasteiger partial charge on any atom is 0.249 e. The SMILES string of the molecule is CCC(C)C1NC(=O)C(NC(=O)C(C)NC(=S)C(C)NC(=S)C(Cc2ccccc2O)NC(=O)C(C)NC(=S)C(NC(=S)C(NC(=O)C(C)O)C(C)C)C(C)CC)C(C)SC=CNC(=O)C(C(O)C2=CN(C)CN2C)NC(=O)C(C(C)C)NC(=O)C(C)NC1=O. The zero-order chi connectivity index (χ0) is 68.2. The molecule has 1 aromatic carbocycles. The Morgan fingerprint density at radius 3 is 1.78 bits per heavy atom. The van der Waals surface area contributed by atoms with Gasteiger partial charge in [0.15, 0.2) is 0 Å². The number of aliphatic hydroxyl groups is 2. The average molecular weight is 1350 g/mol. The van der Waals surface area contributed by atoms with E-state index >= 15 is 0 Å². The van der Waals surface area contributed by atoms with Gasteiger partial charge >= 0.3 is 0 Å². The number of benzene rings is 1. The van der Waals surface area contributed by atoms with Crippen molar-refractivity contribution in [3.05, 3.63) is 53.3 Å². The van der Waals surface area contributed by atoms with E-state index in [9.17, 15) is 53.7 Å². The zero-order valence-electron chi connectivity index (χ0n) is 54.3. The summed E-state index contributed by atoms with van der Waals surface area (Å²) in [5.41, 5.74) is 0.807. The highest BCUT2D eigenvalue weighted by atomic mass is 32.2. The van der Waals surface area contributed by atoms with Crippen molar-refractivity contribution < 1.29 is 53.7 Å². The lowest BCUT2D eigenvalue weighted by Crippen LogP contribution is -2.62. The monoisotopic (exact) mass is 1350 g/mol. The zero-order valence-corrected chi connectivity index (χ0v) is 58.4. The number of nitrogens with zero attached hydrogens (tertiary/aromatic N) is 2. The molecule has 2 heterocycles. The van der Waals surface area contributed by atoms with E-state index in [1.165, 1.54) is 38.4 Å². The number of carbonyl (C=O) groups is 8. The molecule has 2 aliphatic heterocycles. The summed E-state index contributed by atoms with van der Waals surface area (Å²) >= 11 is 24.4. The van der Waals surface area contributed by atoms with Crippen LogP contribution in [0.3, 0.4) is 0 Å². The first kappa shape index (κ1) is 77.9. The molecule has 16 unspecified atom stereocenters. The molecular formula is C60H96N14O11S5. The molecule has 25 nitrogen and oxygen atoms in total. The number of hydrogen-bond donors (Lipinski definition) is 15. The largest absolute Gasteiger partial charge is 0.508 e. The highest BCUT2D eigenvalue weighted by Crippen LogP contribution is 2.22. The third-order valence-corrected chi connectivity index (χ3v) is 18.2. The summed E-state index contributed by atoms with van der Waals surface area (Å²) in [6, 6.07) is -4.90. The fourth-order valence-electron chi connectivity index (χ4n) is 9.35. The lowest BCUT2D eigenvalue weighted by molar-refractivity contribution is -0.136. The number of aromatic hydroxyl groups is 1. The Labute approximate surface area is 555 Å². The Balaban J connectivity index is 1.89. The molecule has 0 spiro atoms. The highest BCUT2D eigenvalue weighted by Gasteiger charge is 2.40. The van der Waals surface area contributed by atoms with Crippen molar-refractivity contribution in [1.29, 1.82) is 0 Å². The van der Waals surface area contributed by atoms with Gasteiger partial charge in [-0.3, -0.25) is 38.4 Å².